The number of piperidine rings is 1. The highest BCUT2D eigenvalue weighted by Gasteiger charge is 2.45. The molecule has 0 radical (unpaired) electrons. The lowest BCUT2D eigenvalue weighted by Crippen LogP contribution is -2.54. The van der Waals surface area contributed by atoms with Crippen molar-refractivity contribution in [2.24, 2.45) is 0 Å². The van der Waals surface area contributed by atoms with Crippen LogP contribution in [0.5, 0.6) is 0 Å². The number of aromatic nitrogens is 1. The molecule has 0 bridgehead atoms. The van der Waals surface area contributed by atoms with Crippen LogP contribution in [-0.4, -0.2) is 52.0 Å². The number of unbranched alkanes of at least 4 members (excludes halogenated alkanes) is 3. The third kappa shape index (κ3) is 6.33. The van der Waals surface area contributed by atoms with Crippen LogP contribution in [0.15, 0.2) is 77.3 Å². The average molecular weight is 608 g/mol. The first kappa shape index (κ1) is 29.7. The zero-order valence-electron chi connectivity index (χ0n) is 24.6. The van der Waals surface area contributed by atoms with Gasteiger partial charge in [0.25, 0.3) is 11.8 Å². The molecular weight excluding hydrogens is 574 g/mol. The molecule has 45 heavy (non-hydrogen) atoms. The molecule has 4 aromatic rings. The summed E-state index contributed by atoms with van der Waals surface area (Å²) >= 11 is 0. The first-order valence-corrected chi connectivity index (χ1v) is 15.2. The summed E-state index contributed by atoms with van der Waals surface area (Å²) in [5.41, 5.74) is 2.47. The summed E-state index contributed by atoms with van der Waals surface area (Å²) in [7, 11) is 0. The molecule has 0 spiro atoms. The lowest BCUT2D eigenvalue weighted by molar-refractivity contribution is -0.136. The van der Waals surface area contributed by atoms with Crippen LogP contribution in [0.3, 0.4) is 0 Å². The number of carbonyl (C=O) groups is 5. The van der Waals surface area contributed by atoms with Crippen LogP contribution in [0.2, 0.25) is 0 Å². The second-order valence-electron chi connectivity index (χ2n) is 11.2. The summed E-state index contributed by atoms with van der Waals surface area (Å²) in [4.78, 5) is 68.5. The number of nitrogens with one attached hydrogen (secondary N) is 3. The molecule has 11 nitrogen and oxygen atoms in total. The first-order chi connectivity index (χ1) is 21.9. The standard InChI is InChI=1S/C34H33N5O6/c40-28(37-31(24-12-6-8-19-36-24)27-20-21-10-4-5-14-26(21)45-27)15-3-1-2-7-18-35-23-13-9-11-22-30(23)34(44)39(33(22)43)25-16-17-29(41)38-32(25)42/h4-6,8-14,19-20,25,31,35H,1-3,7,15-18H2,(H,37,40)(H,38,41,42). The molecule has 2 atom stereocenters. The largest absolute Gasteiger partial charge is 0.458 e. The second-order valence-corrected chi connectivity index (χ2v) is 11.2. The monoisotopic (exact) mass is 607 g/mol. The summed E-state index contributed by atoms with van der Waals surface area (Å²) in [5, 5.41) is 9.51. The second kappa shape index (κ2) is 13.1. The zero-order valence-corrected chi connectivity index (χ0v) is 24.6. The molecule has 11 heteroatoms. The summed E-state index contributed by atoms with van der Waals surface area (Å²) in [6.45, 7) is 0.566. The summed E-state index contributed by atoms with van der Waals surface area (Å²) in [6.07, 6.45) is 5.42. The van der Waals surface area contributed by atoms with Crippen molar-refractivity contribution in [2.45, 2.75) is 57.0 Å². The van der Waals surface area contributed by atoms with Gasteiger partial charge in [-0.25, -0.2) is 0 Å². The maximum atomic E-state index is 13.2. The number of para-hydroxylation sites is 1. The van der Waals surface area contributed by atoms with Crippen molar-refractivity contribution in [1.82, 2.24) is 20.5 Å². The molecule has 2 aromatic heterocycles. The van der Waals surface area contributed by atoms with E-state index in [0.717, 1.165) is 35.1 Å². The van der Waals surface area contributed by atoms with E-state index in [4.69, 9.17) is 4.42 Å². The number of nitrogens with zero attached hydrogens (tertiary/aromatic N) is 2. The molecule has 2 aromatic carbocycles. The normalized spacial score (nSPS) is 16.9. The molecule has 1 fully saturated rings. The number of amides is 5. The zero-order chi connectivity index (χ0) is 31.3. The molecule has 2 unspecified atom stereocenters. The Kier molecular flexibility index (Phi) is 8.68. The molecule has 3 N–H and O–H groups in total. The van der Waals surface area contributed by atoms with E-state index in [1.807, 2.05) is 48.5 Å². The van der Waals surface area contributed by atoms with Crippen molar-refractivity contribution in [2.75, 3.05) is 11.9 Å². The van der Waals surface area contributed by atoms with Gasteiger partial charge >= 0.3 is 0 Å². The van der Waals surface area contributed by atoms with Gasteiger partial charge in [0.2, 0.25) is 17.7 Å². The third-order valence-electron chi connectivity index (χ3n) is 8.13. The summed E-state index contributed by atoms with van der Waals surface area (Å²) in [6, 6.07) is 18.7. The minimum absolute atomic E-state index is 0.0721. The number of imide groups is 2. The molecule has 2 aliphatic heterocycles. The minimum atomic E-state index is -1.00. The average Bonchev–Trinajstić information content (AvgIpc) is 3.58. The lowest BCUT2D eigenvalue weighted by atomic mass is 10.0. The number of fused-ring (bicyclic) bond motifs is 2. The van der Waals surface area contributed by atoms with Crippen molar-refractivity contribution < 1.29 is 28.4 Å². The van der Waals surface area contributed by atoms with Crippen molar-refractivity contribution in [3.63, 3.8) is 0 Å². The van der Waals surface area contributed by atoms with Gasteiger partial charge in [-0.1, -0.05) is 43.2 Å². The van der Waals surface area contributed by atoms with Gasteiger partial charge in [-0.2, -0.15) is 0 Å². The van der Waals surface area contributed by atoms with Crippen LogP contribution < -0.4 is 16.0 Å². The molecule has 230 valence electrons. The van der Waals surface area contributed by atoms with Crippen LogP contribution >= 0.6 is 0 Å². The molecule has 6 rings (SSSR count). The fourth-order valence-electron chi connectivity index (χ4n) is 5.86. The topological polar surface area (TPSA) is 151 Å². The van der Waals surface area contributed by atoms with Gasteiger partial charge in [0.05, 0.1) is 16.8 Å². The molecule has 4 heterocycles. The quantitative estimate of drug-likeness (QED) is 0.157. The predicted octanol–water partition coefficient (Wildman–Crippen LogP) is 4.50. The fraction of sp³-hybridized carbons (Fsp3) is 0.294. The Morgan fingerprint density at radius 3 is 2.58 bits per heavy atom. The smallest absolute Gasteiger partial charge is 0.264 e. The lowest BCUT2D eigenvalue weighted by Gasteiger charge is -2.27. The molecular formula is C34H33N5O6. The van der Waals surface area contributed by atoms with E-state index in [1.165, 1.54) is 0 Å². The number of rotatable bonds is 12. The van der Waals surface area contributed by atoms with Gasteiger partial charge in [0, 0.05) is 36.7 Å². The number of anilines is 1. The maximum Gasteiger partial charge on any atom is 0.264 e. The number of furan rings is 1. The summed E-state index contributed by atoms with van der Waals surface area (Å²) in [5.74, 6) is -1.57. The Morgan fingerprint density at radius 1 is 0.956 bits per heavy atom. The highest BCUT2D eigenvalue weighted by Crippen LogP contribution is 2.32. The van der Waals surface area contributed by atoms with E-state index in [1.54, 1.807) is 24.4 Å². The Balaban J connectivity index is 0.978. The van der Waals surface area contributed by atoms with Crippen LogP contribution in [-0.2, 0) is 14.4 Å². The Hall–Kier alpha value is -5.32. The Morgan fingerprint density at radius 2 is 1.78 bits per heavy atom. The van der Waals surface area contributed by atoms with Gasteiger partial charge in [-0.15, -0.1) is 0 Å². The van der Waals surface area contributed by atoms with Crippen LogP contribution in [0.1, 0.15) is 83.2 Å². The van der Waals surface area contributed by atoms with Gasteiger partial charge in [0.15, 0.2) is 0 Å². The third-order valence-corrected chi connectivity index (χ3v) is 8.13. The van der Waals surface area contributed by atoms with E-state index < -0.39 is 35.7 Å². The first-order valence-electron chi connectivity index (χ1n) is 15.2. The molecule has 1 saturated heterocycles. The van der Waals surface area contributed by atoms with E-state index in [0.29, 0.717) is 36.5 Å². The van der Waals surface area contributed by atoms with Gasteiger partial charge in [-0.05, 0) is 55.7 Å². The van der Waals surface area contributed by atoms with Crippen molar-refractivity contribution in [3.8, 4) is 0 Å². The van der Waals surface area contributed by atoms with E-state index in [-0.39, 0.29) is 29.9 Å². The Labute approximate surface area is 259 Å². The highest BCUT2D eigenvalue weighted by molar-refractivity contribution is 6.25. The fourth-order valence-corrected chi connectivity index (χ4v) is 5.86. The number of hydrogen-bond donors (Lipinski definition) is 3. The van der Waals surface area contributed by atoms with Crippen molar-refractivity contribution in [3.05, 3.63) is 95.5 Å². The number of benzene rings is 2. The van der Waals surface area contributed by atoms with Gasteiger partial charge in [-0.3, -0.25) is 39.2 Å². The number of carbonyl (C=O) groups excluding carboxylic acids is 5. The SMILES string of the molecule is O=C1CCC(N2C(=O)c3cccc(NCCCCCCC(=O)NC(c4ccccn4)c4cc5ccccc5o4)c3C2=O)C(=O)N1. The van der Waals surface area contributed by atoms with Crippen LogP contribution in [0.4, 0.5) is 5.69 Å². The van der Waals surface area contributed by atoms with Gasteiger partial charge in [0.1, 0.15) is 23.4 Å². The molecule has 0 saturated carbocycles. The minimum Gasteiger partial charge on any atom is -0.458 e. The van der Waals surface area contributed by atoms with Crippen molar-refractivity contribution in [1.29, 1.82) is 0 Å². The van der Waals surface area contributed by atoms with Gasteiger partial charge < -0.3 is 15.1 Å². The highest BCUT2D eigenvalue weighted by atomic mass is 16.3. The van der Waals surface area contributed by atoms with Crippen LogP contribution in [0, 0.1) is 0 Å². The number of pyridine rings is 1. The van der Waals surface area contributed by atoms with Crippen LogP contribution in [0.25, 0.3) is 11.0 Å². The molecule has 2 aliphatic rings. The Bertz CT molecular complexity index is 1730. The van der Waals surface area contributed by atoms with Crippen molar-refractivity contribution >= 4 is 46.2 Å². The van der Waals surface area contributed by atoms with E-state index in [9.17, 15) is 24.0 Å². The maximum absolute atomic E-state index is 13.2. The number of hydrogen-bond acceptors (Lipinski definition) is 8. The summed E-state index contributed by atoms with van der Waals surface area (Å²) < 4.78 is 6.04. The predicted molar refractivity (Wildman–Crippen MR) is 165 cm³/mol. The van der Waals surface area contributed by atoms with E-state index in [2.05, 4.69) is 20.9 Å². The molecule has 0 aliphatic carbocycles. The van der Waals surface area contributed by atoms with E-state index >= 15 is 0 Å². The molecule has 5 amide bonds.